The van der Waals surface area contributed by atoms with Crippen LogP contribution < -0.4 is 15.4 Å². The molecule has 2 aliphatic carbocycles. The standard InChI is InChI=1S/C35H43N5O9S/c1-5-22-17-35(22,32(44)38-50(46,47)24-12-13-24)37-30(42)27-15-23-19-40(27)29(41)18-36-33(45)48-20-34(2,3)14-7-6-9-21-10-8-11-26-25(21)16-28(39(26)4)31(43)49-23/h5-6,8-11,16,22-24,27H,1,7,12-15,17-20H2,2-4H3,(H,36,45)(H,37,42)(H,38,44)/b9-6+/t22?,23-,27+,35-/m1/s1. The summed E-state index contributed by atoms with van der Waals surface area (Å²) in [7, 11) is -2.14. The molecule has 2 aliphatic heterocycles. The minimum Gasteiger partial charge on any atom is -0.456 e. The highest BCUT2D eigenvalue weighted by atomic mass is 32.2. The molecule has 1 aromatic carbocycles. The van der Waals surface area contributed by atoms with Gasteiger partial charge in [-0.15, -0.1) is 6.58 Å². The molecule has 6 rings (SSSR count). The van der Waals surface area contributed by atoms with Gasteiger partial charge in [0.2, 0.25) is 21.8 Å². The Hall–Kier alpha value is -4.66. The number of carbonyl (C=O) groups is 5. The van der Waals surface area contributed by atoms with Gasteiger partial charge < -0.3 is 29.6 Å². The first kappa shape index (κ1) is 35.2. The minimum absolute atomic E-state index is 0.100. The molecule has 1 unspecified atom stereocenters. The van der Waals surface area contributed by atoms with E-state index in [1.165, 1.54) is 11.0 Å². The van der Waals surface area contributed by atoms with Gasteiger partial charge >= 0.3 is 12.1 Å². The van der Waals surface area contributed by atoms with Gasteiger partial charge in [0.15, 0.2) is 0 Å². The molecular formula is C35H43N5O9S. The monoisotopic (exact) mass is 709 g/mol. The maximum atomic E-state index is 13.9. The third kappa shape index (κ3) is 7.14. The first-order valence-electron chi connectivity index (χ1n) is 16.8. The number of allylic oxidation sites excluding steroid dienone is 1. The molecule has 268 valence electrons. The predicted octanol–water partition coefficient (Wildman–Crippen LogP) is 2.53. The Morgan fingerprint density at radius 1 is 1.16 bits per heavy atom. The van der Waals surface area contributed by atoms with Crippen LogP contribution in [0, 0.1) is 11.3 Å². The van der Waals surface area contributed by atoms with Crippen LogP contribution >= 0.6 is 0 Å². The number of benzene rings is 1. The molecule has 0 radical (unpaired) electrons. The van der Waals surface area contributed by atoms with Crippen LogP contribution in [0.2, 0.25) is 0 Å². The van der Waals surface area contributed by atoms with Gasteiger partial charge in [0.1, 0.15) is 29.9 Å². The summed E-state index contributed by atoms with van der Waals surface area (Å²) in [4.78, 5) is 68.1. The van der Waals surface area contributed by atoms with Crippen molar-refractivity contribution in [2.45, 2.75) is 75.3 Å². The smallest absolute Gasteiger partial charge is 0.407 e. The van der Waals surface area contributed by atoms with Gasteiger partial charge in [0, 0.05) is 30.3 Å². The van der Waals surface area contributed by atoms with E-state index in [9.17, 15) is 32.4 Å². The van der Waals surface area contributed by atoms with E-state index in [0.29, 0.717) is 25.7 Å². The average Bonchev–Trinajstić information content (AvgIpc) is 3.97. The Bertz CT molecular complexity index is 1900. The molecule has 4 amide bonds. The second kappa shape index (κ2) is 13.2. The lowest BCUT2D eigenvalue weighted by Crippen LogP contribution is -2.57. The predicted molar refractivity (Wildman–Crippen MR) is 183 cm³/mol. The van der Waals surface area contributed by atoms with E-state index in [-0.39, 0.29) is 37.1 Å². The zero-order valence-corrected chi connectivity index (χ0v) is 29.2. The molecule has 4 aliphatic rings. The first-order chi connectivity index (χ1) is 23.6. The van der Waals surface area contributed by atoms with Crippen LogP contribution in [0.25, 0.3) is 17.0 Å². The fourth-order valence-corrected chi connectivity index (χ4v) is 8.04. The number of ether oxygens (including phenoxy) is 2. The molecule has 15 heteroatoms. The number of fused-ring (bicyclic) bond motifs is 3. The number of nitrogens with zero attached hydrogens (tertiary/aromatic N) is 2. The topological polar surface area (TPSA) is 182 Å². The molecule has 3 N–H and O–H groups in total. The normalized spacial score (nSPS) is 27.9. The lowest BCUT2D eigenvalue weighted by atomic mass is 9.88. The molecule has 2 saturated carbocycles. The maximum Gasteiger partial charge on any atom is 0.407 e. The van der Waals surface area contributed by atoms with Crippen LogP contribution in [0.4, 0.5) is 4.79 Å². The number of esters is 1. The summed E-state index contributed by atoms with van der Waals surface area (Å²) in [5.41, 5.74) is 0.0798. The number of nitrogens with one attached hydrogen (secondary N) is 3. The third-order valence-electron chi connectivity index (χ3n) is 10.0. The van der Waals surface area contributed by atoms with Crippen molar-refractivity contribution in [3.8, 4) is 0 Å². The van der Waals surface area contributed by atoms with Crippen molar-refractivity contribution in [3.63, 3.8) is 0 Å². The molecule has 0 spiro atoms. The fourth-order valence-electron chi connectivity index (χ4n) is 6.68. The number of aryl methyl sites for hydroxylation is 1. The SMILES string of the molecule is C=CC1C[C@]1(NC(=O)[C@@H]1C[C@@H]2CN1C(=O)CNC(=O)OCC(C)(C)CC/C=C/c1cccc3c1cc(n3C)C(=O)O2)C(=O)NS(=O)(=O)C1CC1. The number of amides is 4. The number of hydrogen-bond donors (Lipinski definition) is 3. The summed E-state index contributed by atoms with van der Waals surface area (Å²) in [6, 6.07) is 6.30. The first-order valence-corrected chi connectivity index (χ1v) is 18.4. The molecule has 14 nitrogen and oxygen atoms in total. The van der Waals surface area contributed by atoms with Gasteiger partial charge in [-0.3, -0.25) is 19.1 Å². The van der Waals surface area contributed by atoms with E-state index in [1.54, 1.807) is 17.7 Å². The Kier molecular flexibility index (Phi) is 9.31. The highest BCUT2D eigenvalue weighted by molar-refractivity contribution is 7.91. The van der Waals surface area contributed by atoms with E-state index in [2.05, 4.69) is 21.9 Å². The van der Waals surface area contributed by atoms with E-state index in [1.807, 2.05) is 44.2 Å². The lowest BCUT2D eigenvalue weighted by Gasteiger charge is -2.27. The highest BCUT2D eigenvalue weighted by Gasteiger charge is 2.62. The largest absolute Gasteiger partial charge is 0.456 e. The molecule has 1 saturated heterocycles. The van der Waals surface area contributed by atoms with Crippen LogP contribution in [0.1, 0.15) is 68.4 Å². The number of aromatic nitrogens is 1. The van der Waals surface area contributed by atoms with Gasteiger partial charge in [-0.1, -0.05) is 44.2 Å². The number of rotatable bonds is 6. The van der Waals surface area contributed by atoms with E-state index < -0.39 is 75.2 Å². The Balaban J connectivity index is 1.27. The summed E-state index contributed by atoms with van der Waals surface area (Å²) in [5, 5.41) is 5.34. The third-order valence-corrected chi connectivity index (χ3v) is 11.8. The number of cyclic esters (lactones) is 1. The van der Waals surface area contributed by atoms with Crippen molar-refractivity contribution in [2.75, 3.05) is 19.7 Å². The summed E-state index contributed by atoms with van der Waals surface area (Å²) in [5.74, 6) is -3.43. The Labute approximate surface area is 290 Å². The van der Waals surface area contributed by atoms with Crippen LogP contribution in [-0.4, -0.2) is 90.3 Å². The van der Waals surface area contributed by atoms with Gasteiger partial charge in [-0.25, -0.2) is 18.0 Å². The lowest BCUT2D eigenvalue weighted by molar-refractivity contribution is -0.139. The van der Waals surface area contributed by atoms with Crippen molar-refractivity contribution in [2.24, 2.45) is 18.4 Å². The van der Waals surface area contributed by atoms with Gasteiger partial charge in [0.25, 0.3) is 5.91 Å². The Morgan fingerprint density at radius 2 is 1.92 bits per heavy atom. The van der Waals surface area contributed by atoms with E-state index >= 15 is 0 Å². The van der Waals surface area contributed by atoms with E-state index in [4.69, 9.17) is 9.47 Å². The number of alkyl carbamates (subject to hydrolysis) is 1. The second-order valence-corrected chi connectivity index (χ2v) is 16.4. The van der Waals surface area contributed by atoms with Gasteiger partial charge in [-0.05, 0) is 55.2 Å². The number of carbonyl (C=O) groups excluding carboxylic acids is 5. The zero-order valence-electron chi connectivity index (χ0n) is 28.4. The maximum absolute atomic E-state index is 13.9. The zero-order chi connectivity index (χ0) is 36.0. The molecular weight excluding hydrogens is 666 g/mol. The molecule has 2 aromatic rings. The summed E-state index contributed by atoms with van der Waals surface area (Å²) in [6.45, 7) is 7.11. The van der Waals surface area contributed by atoms with Crippen molar-refractivity contribution >= 4 is 56.8 Å². The van der Waals surface area contributed by atoms with Crippen molar-refractivity contribution in [1.82, 2.24) is 24.8 Å². The molecule has 4 atom stereocenters. The van der Waals surface area contributed by atoms with Crippen LogP contribution in [0.15, 0.2) is 43.0 Å². The molecule has 3 fully saturated rings. The van der Waals surface area contributed by atoms with E-state index in [0.717, 1.165) is 16.5 Å². The minimum atomic E-state index is -3.90. The summed E-state index contributed by atoms with van der Waals surface area (Å²) in [6.07, 6.45) is 6.12. The van der Waals surface area contributed by atoms with Crippen molar-refractivity contribution < 1.29 is 41.9 Å². The van der Waals surface area contributed by atoms with Crippen LogP contribution in [0.5, 0.6) is 0 Å². The molecule has 1 aromatic heterocycles. The van der Waals surface area contributed by atoms with Crippen LogP contribution in [-0.2, 0) is 40.9 Å². The summed E-state index contributed by atoms with van der Waals surface area (Å²) < 4.78 is 40.3. The second-order valence-electron chi connectivity index (χ2n) is 14.4. The van der Waals surface area contributed by atoms with Crippen molar-refractivity contribution in [3.05, 3.63) is 54.3 Å². The molecule has 50 heavy (non-hydrogen) atoms. The van der Waals surface area contributed by atoms with Crippen LogP contribution in [0.3, 0.4) is 0 Å². The summed E-state index contributed by atoms with van der Waals surface area (Å²) >= 11 is 0. The molecule has 3 heterocycles. The number of sulfonamides is 1. The Morgan fingerprint density at radius 3 is 2.62 bits per heavy atom. The van der Waals surface area contributed by atoms with Crippen molar-refractivity contribution in [1.29, 1.82) is 0 Å². The molecule has 4 bridgehead atoms. The van der Waals surface area contributed by atoms with Gasteiger partial charge in [0.05, 0.1) is 18.4 Å². The fraction of sp³-hybridized carbons (Fsp3) is 0.514. The average molecular weight is 710 g/mol. The highest BCUT2D eigenvalue weighted by Crippen LogP contribution is 2.45. The number of hydrogen-bond acceptors (Lipinski definition) is 9. The van der Waals surface area contributed by atoms with Gasteiger partial charge in [-0.2, -0.15) is 0 Å². The quantitative estimate of drug-likeness (QED) is 0.300.